The smallest absolute Gasteiger partial charge is 0.232 e. The summed E-state index contributed by atoms with van der Waals surface area (Å²) in [4.78, 5) is 2.04. The minimum atomic E-state index is -0.503. The summed E-state index contributed by atoms with van der Waals surface area (Å²) in [7, 11) is 5.43. The molecule has 0 aromatic carbocycles. The summed E-state index contributed by atoms with van der Waals surface area (Å²) in [6, 6.07) is 0. The number of hydrogen-bond donors (Lipinski definition) is 1. The van der Waals surface area contributed by atoms with E-state index in [1.54, 1.807) is 5.97 Å². The minimum Gasteiger partial charge on any atom is -0.389 e. The lowest BCUT2D eigenvalue weighted by atomic mass is 9.97. The Morgan fingerprint density at radius 1 is 1.31 bits per heavy atom. The number of hydrogen-bond acceptors (Lipinski definition) is 3. The molecule has 0 saturated heterocycles. The Labute approximate surface area is 102 Å². The van der Waals surface area contributed by atoms with Crippen LogP contribution >= 0.6 is 0 Å². The van der Waals surface area contributed by atoms with E-state index in [0.717, 1.165) is 19.4 Å². The van der Waals surface area contributed by atoms with Gasteiger partial charge in [0.1, 0.15) is 0 Å². The molecule has 4 heteroatoms. The van der Waals surface area contributed by atoms with Crippen LogP contribution in [0.5, 0.6) is 0 Å². The zero-order valence-electron chi connectivity index (χ0n) is 11.6. The molecule has 0 bridgehead atoms. The molecule has 1 N–H and O–H groups in total. The third-order valence-corrected chi connectivity index (χ3v) is 2.23. The van der Waals surface area contributed by atoms with Crippen molar-refractivity contribution in [3.63, 3.8) is 0 Å². The number of nitrogens with zero attached hydrogens (tertiary/aromatic N) is 2. The number of nitriles is 1. The van der Waals surface area contributed by atoms with Crippen LogP contribution in [-0.2, 0) is 0 Å². The summed E-state index contributed by atoms with van der Waals surface area (Å²) >= 11 is 0. The van der Waals surface area contributed by atoms with E-state index < -0.39 is 5.60 Å². The van der Waals surface area contributed by atoms with Gasteiger partial charge in [0.15, 0.2) is 0 Å². The van der Waals surface area contributed by atoms with Gasteiger partial charge < -0.3 is 10.0 Å². The molecular formula is C12H27BN2O. The van der Waals surface area contributed by atoms with Gasteiger partial charge in [0.2, 0.25) is 7.85 Å². The maximum Gasteiger partial charge on any atom is 0.232 e. The molecule has 0 aliphatic rings. The lowest BCUT2D eigenvalue weighted by Crippen LogP contribution is -2.37. The second-order valence-corrected chi connectivity index (χ2v) is 4.77. The molecule has 0 heterocycles. The number of aliphatic hydroxyl groups is 1. The monoisotopic (exact) mass is 226 g/mol. The highest BCUT2D eigenvalue weighted by atomic mass is 16.3. The maximum absolute atomic E-state index is 9.94. The number of likely N-dealkylation sites (N-methyl/N-ethyl adjacent to an activating group) is 1. The van der Waals surface area contributed by atoms with Crippen LogP contribution < -0.4 is 0 Å². The summed E-state index contributed by atoms with van der Waals surface area (Å²) in [6.07, 6.45) is 5.87. The number of unbranched alkanes of at least 4 members (excludes halogenated alkanes) is 3. The van der Waals surface area contributed by atoms with Crippen LogP contribution in [0.1, 0.15) is 46.0 Å². The van der Waals surface area contributed by atoms with E-state index in [1.807, 2.05) is 25.9 Å². The summed E-state index contributed by atoms with van der Waals surface area (Å²) < 4.78 is 0. The van der Waals surface area contributed by atoms with Gasteiger partial charge in [-0.15, -0.1) is 0 Å². The van der Waals surface area contributed by atoms with Gasteiger partial charge in [-0.3, -0.25) is 0 Å². The van der Waals surface area contributed by atoms with Crippen molar-refractivity contribution in [3.05, 3.63) is 0 Å². The SMILES string of the molecule is BC#N.CCCCCCC(C)(O)CN(C)C. The lowest BCUT2D eigenvalue weighted by molar-refractivity contribution is 0.0232. The fourth-order valence-electron chi connectivity index (χ4n) is 1.69. The second-order valence-electron chi connectivity index (χ2n) is 4.77. The molecule has 0 aliphatic carbocycles. The van der Waals surface area contributed by atoms with Gasteiger partial charge in [-0.2, -0.15) is 0 Å². The molecule has 1 atom stereocenters. The lowest BCUT2D eigenvalue weighted by Gasteiger charge is -2.26. The van der Waals surface area contributed by atoms with Crippen molar-refractivity contribution in [2.24, 2.45) is 0 Å². The van der Waals surface area contributed by atoms with Crippen LogP contribution in [0.3, 0.4) is 0 Å². The highest BCUT2D eigenvalue weighted by Gasteiger charge is 2.19. The molecule has 0 saturated carbocycles. The van der Waals surface area contributed by atoms with Crippen LogP contribution in [0.25, 0.3) is 0 Å². The van der Waals surface area contributed by atoms with E-state index in [4.69, 9.17) is 5.26 Å². The van der Waals surface area contributed by atoms with E-state index in [9.17, 15) is 5.11 Å². The molecule has 94 valence electrons. The Hall–Kier alpha value is -0.525. The van der Waals surface area contributed by atoms with Gasteiger partial charge in [0.25, 0.3) is 0 Å². The van der Waals surface area contributed by atoms with Crippen LogP contribution in [0.2, 0.25) is 0 Å². The minimum absolute atomic E-state index is 0.503. The largest absolute Gasteiger partial charge is 0.389 e. The second kappa shape index (κ2) is 11.0. The molecule has 0 amide bonds. The highest BCUT2D eigenvalue weighted by Crippen LogP contribution is 2.15. The zero-order chi connectivity index (χ0) is 13.0. The summed E-state index contributed by atoms with van der Waals surface area (Å²) in [5.74, 6) is 1.75. The fraction of sp³-hybridized carbons (Fsp3) is 0.917. The van der Waals surface area contributed by atoms with Gasteiger partial charge in [-0.1, -0.05) is 32.6 Å². The van der Waals surface area contributed by atoms with Crippen LogP contribution in [0.4, 0.5) is 0 Å². The van der Waals surface area contributed by atoms with E-state index in [1.165, 1.54) is 27.1 Å². The molecule has 0 radical (unpaired) electrons. The Morgan fingerprint density at radius 2 is 1.81 bits per heavy atom. The Morgan fingerprint density at radius 3 is 2.19 bits per heavy atom. The van der Waals surface area contributed by atoms with Crippen molar-refractivity contribution in [1.82, 2.24) is 4.90 Å². The van der Waals surface area contributed by atoms with E-state index in [0.29, 0.717) is 0 Å². The van der Waals surface area contributed by atoms with Crippen molar-refractivity contribution >= 4 is 7.85 Å². The molecular weight excluding hydrogens is 199 g/mol. The molecule has 0 spiro atoms. The van der Waals surface area contributed by atoms with Gasteiger partial charge in [0, 0.05) is 6.54 Å². The van der Waals surface area contributed by atoms with E-state index in [-0.39, 0.29) is 0 Å². The first-order valence-electron chi connectivity index (χ1n) is 6.07. The standard InChI is InChI=1S/C11H25NO.CH2BN/c1-5-6-7-8-9-11(2,13)10-12(3)4;2-1-3/h13H,5-10H2,1-4H3;2H2. The summed E-state index contributed by atoms with van der Waals surface area (Å²) in [5, 5.41) is 17.3. The van der Waals surface area contributed by atoms with Gasteiger partial charge in [-0.05, 0) is 33.4 Å². The molecule has 0 rings (SSSR count). The van der Waals surface area contributed by atoms with Gasteiger partial charge in [0.05, 0.1) is 5.60 Å². The van der Waals surface area contributed by atoms with Crippen LogP contribution in [-0.4, -0.2) is 44.1 Å². The maximum atomic E-state index is 9.94. The predicted molar refractivity (Wildman–Crippen MR) is 72.1 cm³/mol. The summed E-state index contributed by atoms with van der Waals surface area (Å²) in [6.45, 7) is 4.90. The van der Waals surface area contributed by atoms with Crippen molar-refractivity contribution in [2.75, 3.05) is 20.6 Å². The molecule has 3 nitrogen and oxygen atoms in total. The number of rotatable bonds is 7. The molecule has 0 aliphatic heterocycles. The Bertz CT molecular complexity index is 188. The predicted octanol–water partition coefficient (Wildman–Crippen LogP) is 1.37. The average Bonchev–Trinajstić information content (AvgIpc) is 2.11. The van der Waals surface area contributed by atoms with Crippen molar-refractivity contribution in [1.29, 1.82) is 5.26 Å². The van der Waals surface area contributed by atoms with E-state index >= 15 is 0 Å². The quantitative estimate of drug-likeness (QED) is 0.526. The van der Waals surface area contributed by atoms with Crippen LogP contribution in [0.15, 0.2) is 0 Å². The fourth-order valence-corrected chi connectivity index (χ4v) is 1.69. The first-order chi connectivity index (χ1) is 7.39. The summed E-state index contributed by atoms with van der Waals surface area (Å²) in [5.41, 5.74) is -0.503. The molecule has 0 fully saturated rings. The topological polar surface area (TPSA) is 47.3 Å². The molecule has 0 aromatic heterocycles. The average molecular weight is 226 g/mol. The Balaban J connectivity index is 0. The van der Waals surface area contributed by atoms with Gasteiger partial charge in [-0.25, -0.2) is 5.26 Å². The highest BCUT2D eigenvalue weighted by molar-refractivity contribution is 6.20. The van der Waals surface area contributed by atoms with Gasteiger partial charge >= 0.3 is 0 Å². The van der Waals surface area contributed by atoms with Crippen molar-refractivity contribution in [3.8, 4) is 5.97 Å². The first kappa shape index (κ1) is 17.9. The molecule has 0 aromatic rings. The van der Waals surface area contributed by atoms with Crippen molar-refractivity contribution < 1.29 is 5.11 Å². The normalized spacial score (nSPS) is 13.6. The van der Waals surface area contributed by atoms with Crippen LogP contribution in [0, 0.1) is 11.2 Å². The molecule has 1 unspecified atom stereocenters. The van der Waals surface area contributed by atoms with E-state index in [2.05, 4.69) is 6.92 Å². The Kier molecular flexibility index (Phi) is 12.2. The third kappa shape index (κ3) is 15.9. The third-order valence-electron chi connectivity index (χ3n) is 2.23. The molecule has 16 heavy (non-hydrogen) atoms. The van der Waals surface area contributed by atoms with Crippen molar-refractivity contribution in [2.45, 2.75) is 51.6 Å². The zero-order valence-corrected chi connectivity index (χ0v) is 11.6. The first-order valence-corrected chi connectivity index (χ1v) is 6.07.